The monoisotopic (exact) mass is 461 g/mol. The molecule has 2 aromatic rings. The van der Waals surface area contributed by atoms with Crippen LogP contribution in [0.1, 0.15) is 45.6 Å². The highest BCUT2D eigenvalue weighted by molar-refractivity contribution is 7.18. The van der Waals surface area contributed by atoms with E-state index in [0.717, 1.165) is 11.3 Å². The van der Waals surface area contributed by atoms with Crippen LogP contribution in [0.2, 0.25) is 0 Å². The number of aryl methyl sites for hydroxylation is 1. The molecule has 0 saturated carbocycles. The maximum atomic E-state index is 12.9. The van der Waals surface area contributed by atoms with Gasteiger partial charge in [-0.15, -0.1) is 11.3 Å². The maximum Gasteiger partial charge on any atom is 0.309 e. The minimum atomic E-state index is -0.398. The summed E-state index contributed by atoms with van der Waals surface area (Å²) in [5.41, 5.74) is 0.712. The van der Waals surface area contributed by atoms with Crippen molar-refractivity contribution < 1.29 is 28.3 Å². The molecule has 0 aromatic carbocycles. The molecule has 1 aliphatic heterocycles. The number of nitrogens with one attached hydrogen (secondary N) is 1. The summed E-state index contributed by atoms with van der Waals surface area (Å²) in [5, 5.41) is 3.24. The van der Waals surface area contributed by atoms with Gasteiger partial charge in [0.2, 0.25) is 5.91 Å². The van der Waals surface area contributed by atoms with E-state index in [1.165, 1.54) is 11.2 Å². The van der Waals surface area contributed by atoms with Crippen molar-refractivity contribution in [3.8, 4) is 0 Å². The Kier molecular flexibility index (Phi) is 7.68. The molecule has 3 rings (SSSR count). The second-order valence-electron chi connectivity index (χ2n) is 7.62. The molecule has 0 spiro atoms. The van der Waals surface area contributed by atoms with Crippen molar-refractivity contribution in [2.75, 3.05) is 38.6 Å². The average Bonchev–Trinajstić information content (AvgIpc) is 3.43. The number of hydrogen-bond donors (Lipinski definition) is 1. The van der Waals surface area contributed by atoms with Crippen LogP contribution in [0.3, 0.4) is 0 Å². The fourth-order valence-electron chi connectivity index (χ4n) is 3.51. The van der Waals surface area contributed by atoms with Crippen molar-refractivity contribution in [1.29, 1.82) is 0 Å². The standard InChI is InChI=1S/C22H27N3O6S/c1-4-30-22(29)15-7-9-25(10-8-15)18(26)13-24(3)21(28)19-14(2)12-17(32-19)23-20(27)16-6-5-11-31-16/h5-6,11-12,15H,4,7-10,13H2,1-3H3,(H,23,27). The van der Waals surface area contributed by atoms with Gasteiger partial charge in [-0.3, -0.25) is 19.2 Å². The highest BCUT2D eigenvalue weighted by Gasteiger charge is 2.29. The molecule has 1 fully saturated rings. The zero-order valence-electron chi connectivity index (χ0n) is 18.4. The van der Waals surface area contributed by atoms with Crippen LogP contribution in [-0.2, 0) is 14.3 Å². The first-order chi connectivity index (χ1) is 15.3. The topological polar surface area (TPSA) is 109 Å². The molecule has 0 aliphatic carbocycles. The van der Waals surface area contributed by atoms with Gasteiger partial charge in [-0.05, 0) is 50.5 Å². The lowest BCUT2D eigenvalue weighted by Gasteiger charge is -2.32. The quantitative estimate of drug-likeness (QED) is 0.635. The third-order valence-corrected chi connectivity index (χ3v) is 6.42. The Bertz CT molecular complexity index is 976. The number of hydrogen-bond acceptors (Lipinski definition) is 7. The Morgan fingerprint density at radius 1 is 1.28 bits per heavy atom. The Hall–Kier alpha value is -3.14. The van der Waals surface area contributed by atoms with Gasteiger partial charge in [-0.1, -0.05) is 0 Å². The van der Waals surface area contributed by atoms with E-state index in [4.69, 9.17) is 9.15 Å². The van der Waals surface area contributed by atoms with Gasteiger partial charge in [0.1, 0.15) is 0 Å². The smallest absolute Gasteiger partial charge is 0.309 e. The van der Waals surface area contributed by atoms with E-state index in [1.54, 1.807) is 44.0 Å². The molecule has 32 heavy (non-hydrogen) atoms. The third kappa shape index (κ3) is 5.56. The molecule has 9 nitrogen and oxygen atoms in total. The lowest BCUT2D eigenvalue weighted by atomic mass is 9.97. The van der Waals surface area contributed by atoms with E-state index in [1.807, 2.05) is 0 Å². The van der Waals surface area contributed by atoms with E-state index < -0.39 is 5.91 Å². The van der Waals surface area contributed by atoms with Gasteiger partial charge in [0, 0.05) is 20.1 Å². The van der Waals surface area contributed by atoms with Gasteiger partial charge >= 0.3 is 5.97 Å². The summed E-state index contributed by atoms with van der Waals surface area (Å²) < 4.78 is 10.1. The van der Waals surface area contributed by atoms with Crippen LogP contribution in [-0.4, -0.2) is 66.8 Å². The van der Waals surface area contributed by atoms with Crippen molar-refractivity contribution in [3.05, 3.63) is 40.7 Å². The highest BCUT2D eigenvalue weighted by Crippen LogP contribution is 2.28. The number of likely N-dealkylation sites (tertiary alicyclic amines) is 1. The summed E-state index contributed by atoms with van der Waals surface area (Å²) in [6.07, 6.45) is 2.53. The Morgan fingerprint density at radius 3 is 2.62 bits per heavy atom. The number of ether oxygens (including phenoxy) is 1. The number of nitrogens with zero attached hydrogens (tertiary/aromatic N) is 2. The minimum Gasteiger partial charge on any atom is -0.466 e. The summed E-state index contributed by atoms with van der Waals surface area (Å²) in [5.74, 6) is -1.07. The summed E-state index contributed by atoms with van der Waals surface area (Å²) in [7, 11) is 1.58. The Labute approximate surface area is 190 Å². The second kappa shape index (κ2) is 10.4. The number of piperidine rings is 1. The number of carbonyl (C=O) groups excluding carboxylic acids is 4. The van der Waals surface area contributed by atoms with E-state index in [2.05, 4.69) is 5.32 Å². The van der Waals surface area contributed by atoms with Gasteiger partial charge < -0.3 is 24.3 Å². The van der Waals surface area contributed by atoms with Crippen LogP contribution in [0.5, 0.6) is 0 Å². The molecule has 0 bridgehead atoms. The van der Waals surface area contributed by atoms with E-state index in [0.29, 0.717) is 48.0 Å². The van der Waals surface area contributed by atoms with E-state index >= 15 is 0 Å². The summed E-state index contributed by atoms with van der Waals surface area (Å²) in [6.45, 7) is 4.77. The normalized spacial score (nSPS) is 14.2. The van der Waals surface area contributed by atoms with E-state index in [-0.39, 0.29) is 36.0 Å². The maximum absolute atomic E-state index is 12.9. The Morgan fingerprint density at radius 2 is 2.00 bits per heavy atom. The number of carbonyl (C=O) groups is 4. The van der Waals surface area contributed by atoms with Crippen molar-refractivity contribution in [1.82, 2.24) is 9.80 Å². The molecule has 0 unspecified atom stereocenters. The first kappa shape index (κ1) is 23.5. The van der Waals surface area contributed by atoms with Crippen LogP contribution in [0.25, 0.3) is 0 Å². The number of likely N-dealkylation sites (N-methyl/N-ethyl adjacent to an activating group) is 1. The van der Waals surface area contributed by atoms with Crippen LogP contribution in [0.4, 0.5) is 5.00 Å². The zero-order chi connectivity index (χ0) is 23.3. The molecule has 1 saturated heterocycles. The van der Waals surface area contributed by atoms with Crippen LogP contribution >= 0.6 is 11.3 Å². The second-order valence-corrected chi connectivity index (χ2v) is 8.67. The molecule has 0 atom stereocenters. The number of amides is 3. The first-order valence-corrected chi connectivity index (χ1v) is 11.3. The summed E-state index contributed by atoms with van der Waals surface area (Å²) in [4.78, 5) is 53.1. The van der Waals surface area contributed by atoms with Gasteiger partial charge in [-0.2, -0.15) is 0 Å². The van der Waals surface area contributed by atoms with E-state index in [9.17, 15) is 19.2 Å². The van der Waals surface area contributed by atoms with Crippen LogP contribution in [0.15, 0.2) is 28.9 Å². The largest absolute Gasteiger partial charge is 0.466 e. The van der Waals surface area contributed by atoms with Gasteiger partial charge in [0.25, 0.3) is 11.8 Å². The molecule has 1 N–H and O–H groups in total. The molecule has 0 radical (unpaired) electrons. The molecule has 10 heteroatoms. The van der Waals surface area contributed by atoms with Crippen LogP contribution in [0, 0.1) is 12.8 Å². The molecule has 1 aliphatic rings. The van der Waals surface area contributed by atoms with Gasteiger partial charge in [0.15, 0.2) is 5.76 Å². The average molecular weight is 462 g/mol. The SMILES string of the molecule is CCOC(=O)C1CCN(C(=O)CN(C)C(=O)c2sc(NC(=O)c3ccco3)cc2C)CC1. The molecular formula is C22H27N3O6S. The number of rotatable bonds is 7. The minimum absolute atomic E-state index is 0.0612. The molecule has 172 valence electrons. The summed E-state index contributed by atoms with van der Waals surface area (Å²) >= 11 is 1.15. The highest BCUT2D eigenvalue weighted by atomic mass is 32.1. The number of anilines is 1. The van der Waals surface area contributed by atoms with Crippen molar-refractivity contribution in [2.24, 2.45) is 5.92 Å². The van der Waals surface area contributed by atoms with Gasteiger partial charge in [0.05, 0.1) is 35.2 Å². The molecular weight excluding hydrogens is 434 g/mol. The van der Waals surface area contributed by atoms with Gasteiger partial charge in [-0.25, -0.2) is 0 Å². The van der Waals surface area contributed by atoms with Crippen molar-refractivity contribution in [3.63, 3.8) is 0 Å². The van der Waals surface area contributed by atoms with Crippen LogP contribution < -0.4 is 5.32 Å². The predicted molar refractivity (Wildman–Crippen MR) is 119 cm³/mol. The first-order valence-electron chi connectivity index (χ1n) is 10.4. The van der Waals surface area contributed by atoms with Crippen molar-refractivity contribution in [2.45, 2.75) is 26.7 Å². The molecule has 3 heterocycles. The lowest BCUT2D eigenvalue weighted by Crippen LogP contribution is -2.45. The molecule has 3 amide bonds. The fourth-order valence-corrected chi connectivity index (χ4v) is 4.57. The predicted octanol–water partition coefficient (Wildman–Crippen LogP) is 2.78. The Balaban J connectivity index is 1.54. The number of thiophene rings is 1. The fraction of sp³-hybridized carbons (Fsp3) is 0.455. The molecule has 2 aromatic heterocycles. The number of esters is 1. The number of furan rings is 1. The lowest BCUT2D eigenvalue weighted by molar-refractivity contribution is -0.151. The third-order valence-electron chi connectivity index (χ3n) is 5.28. The van der Waals surface area contributed by atoms with Crippen molar-refractivity contribution >= 4 is 40.0 Å². The summed E-state index contributed by atoms with van der Waals surface area (Å²) in [6, 6.07) is 4.89. The zero-order valence-corrected chi connectivity index (χ0v) is 19.2.